The molecular formula is C4H16F2N2O4S2. The highest BCUT2D eigenvalue weighted by atomic mass is 32.2. The van der Waals surface area contributed by atoms with Crippen LogP contribution < -0.4 is 11.5 Å². The topological polar surface area (TPSA) is 120 Å². The maximum Gasteiger partial charge on any atom is 0.160 e. The molecule has 0 unspecified atom stereocenters. The SMILES string of the molecule is CS(=O)(=O)CN.CS(=O)(=O)CN.F.F. The average Bonchev–Trinajstić information content (AvgIpc) is 1.86. The molecule has 0 saturated heterocycles. The molecule has 0 rings (SSSR count). The Morgan fingerprint density at radius 2 is 0.857 bits per heavy atom. The lowest BCUT2D eigenvalue weighted by molar-refractivity contribution is 0.600. The summed E-state index contributed by atoms with van der Waals surface area (Å²) >= 11 is 0. The average molecular weight is 258 g/mol. The van der Waals surface area contributed by atoms with Crippen LogP contribution in [-0.4, -0.2) is 41.1 Å². The van der Waals surface area contributed by atoms with Crippen molar-refractivity contribution in [2.75, 3.05) is 24.3 Å². The Labute approximate surface area is 82.2 Å². The lowest BCUT2D eigenvalue weighted by Gasteiger charge is -1.81. The van der Waals surface area contributed by atoms with Crippen LogP contribution in [0, 0.1) is 0 Å². The fourth-order valence-electron chi connectivity index (χ4n) is 0. The zero-order valence-electron chi connectivity index (χ0n) is 7.83. The second kappa shape index (κ2) is 9.24. The lowest BCUT2D eigenvalue weighted by atomic mass is 11.5. The zero-order chi connectivity index (χ0) is 10.4. The van der Waals surface area contributed by atoms with Crippen molar-refractivity contribution in [3.05, 3.63) is 0 Å². The van der Waals surface area contributed by atoms with Crippen LogP contribution in [0.4, 0.5) is 9.41 Å². The van der Waals surface area contributed by atoms with E-state index in [1.54, 1.807) is 0 Å². The van der Waals surface area contributed by atoms with E-state index in [0.29, 0.717) is 0 Å². The Hall–Kier alpha value is -0.320. The quantitative estimate of drug-likeness (QED) is 0.603. The minimum absolute atomic E-state index is 0. The highest BCUT2D eigenvalue weighted by molar-refractivity contribution is 7.90. The maximum absolute atomic E-state index is 9.88. The van der Waals surface area contributed by atoms with Gasteiger partial charge in [-0.2, -0.15) is 0 Å². The molecule has 0 aliphatic rings. The van der Waals surface area contributed by atoms with Crippen molar-refractivity contribution in [3.63, 3.8) is 0 Å². The third-order valence-electron chi connectivity index (χ3n) is 0.605. The first-order chi connectivity index (χ1) is 5.12. The van der Waals surface area contributed by atoms with Gasteiger partial charge in [-0.3, -0.25) is 9.41 Å². The molecule has 10 heteroatoms. The summed E-state index contributed by atoms with van der Waals surface area (Å²) in [6.07, 6.45) is 2.18. The van der Waals surface area contributed by atoms with Crippen molar-refractivity contribution in [2.45, 2.75) is 0 Å². The van der Waals surface area contributed by atoms with Crippen LogP contribution in [0.2, 0.25) is 0 Å². The first kappa shape index (κ1) is 23.5. The van der Waals surface area contributed by atoms with E-state index < -0.39 is 19.7 Å². The summed E-state index contributed by atoms with van der Waals surface area (Å²) in [6.45, 7) is 0. The molecule has 6 nitrogen and oxygen atoms in total. The van der Waals surface area contributed by atoms with Crippen molar-refractivity contribution in [1.82, 2.24) is 0 Å². The summed E-state index contributed by atoms with van der Waals surface area (Å²) in [5.41, 5.74) is 9.44. The van der Waals surface area contributed by atoms with Crippen LogP contribution in [0.15, 0.2) is 0 Å². The Bertz CT molecular complexity index is 267. The van der Waals surface area contributed by atoms with Crippen LogP contribution in [0.1, 0.15) is 0 Å². The van der Waals surface area contributed by atoms with E-state index in [1.165, 1.54) is 0 Å². The molecule has 0 atom stereocenters. The molecule has 4 N–H and O–H groups in total. The van der Waals surface area contributed by atoms with E-state index in [2.05, 4.69) is 0 Å². The highest BCUT2D eigenvalue weighted by Gasteiger charge is 1.91. The number of rotatable bonds is 2. The second-order valence-corrected chi connectivity index (χ2v) is 6.55. The van der Waals surface area contributed by atoms with Gasteiger partial charge < -0.3 is 11.5 Å². The molecule has 0 aliphatic carbocycles. The van der Waals surface area contributed by atoms with E-state index in [1.807, 2.05) is 0 Å². The molecule has 0 aromatic rings. The van der Waals surface area contributed by atoms with Gasteiger partial charge in [0, 0.05) is 12.5 Å². The first-order valence-corrected chi connectivity index (χ1v) is 7.00. The van der Waals surface area contributed by atoms with Crippen LogP contribution >= 0.6 is 0 Å². The molecule has 0 aromatic heterocycles. The van der Waals surface area contributed by atoms with Crippen LogP contribution in [-0.2, 0) is 19.7 Å². The minimum atomic E-state index is -2.88. The fourth-order valence-corrected chi connectivity index (χ4v) is 0. The van der Waals surface area contributed by atoms with Gasteiger partial charge in [-0.25, -0.2) is 16.8 Å². The first-order valence-electron chi connectivity index (χ1n) is 2.88. The summed E-state index contributed by atoms with van der Waals surface area (Å²) in [4.78, 5) is 0. The van der Waals surface area contributed by atoms with Gasteiger partial charge in [0.15, 0.2) is 19.7 Å². The largest absolute Gasteiger partial charge is 0.318 e. The van der Waals surface area contributed by atoms with Crippen LogP contribution in [0.5, 0.6) is 0 Å². The summed E-state index contributed by atoms with van der Waals surface area (Å²) < 4.78 is 39.5. The molecule has 14 heavy (non-hydrogen) atoms. The number of hydrogen-bond acceptors (Lipinski definition) is 6. The third-order valence-corrected chi connectivity index (χ3v) is 1.82. The smallest absolute Gasteiger partial charge is 0.160 e. The van der Waals surface area contributed by atoms with Crippen LogP contribution in [0.3, 0.4) is 0 Å². The molecular weight excluding hydrogens is 242 g/mol. The van der Waals surface area contributed by atoms with Crippen molar-refractivity contribution >= 4 is 19.7 Å². The van der Waals surface area contributed by atoms with Gasteiger partial charge in [0.1, 0.15) is 0 Å². The third kappa shape index (κ3) is 41.3. The fraction of sp³-hybridized carbons (Fsp3) is 1.00. The number of hydrogen-bond donors (Lipinski definition) is 2. The molecule has 0 heterocycles. The van der Waals surface area contributed by atoms with Gasteiger partial charge in [0.2, 0.25) is 0 Å². The lowest BCUT2D eigenvalue weighted by Crippen LogP contribution is -2.11. The monoisotopic (exact) mass is 258 g/mol. The summed E-state index contributed by atoms with van der Waals surface area (Å²) in [7, 11) is -5.77. The minimum Gasteiger partial charge on any atom is -0.318 e. The highest BCUT2D eigenvalue weighted by Crippen LogP contribution is 1.69. The summed E-state index contributed by atoms with van der Waals surface area (Å²) in [5.74, 6) is -0.514. The van der Waals surface area contributed by atoms with Gasteiger partial charge in [-0.05, 0) is 0 Å². The number of sulfone groups is 2. The number of halogens is 2. The van der Waals surface area contributed by atoms with Crippen LogP contribution in [0.25, 0.3) is 0 Å². The molecule has 0 aromatic carbocycles. The summed E-state index contributed by atoms with van der Waals surface area (Å²) in [5, 5.41) is 0. The van der Waals surface area contributed by atoms with Gasteiger partial charge in [0.05, 0.1) is 11.8 Å². The van der Waals surface area contributed by atoms with E-state index in [-0.39, 0.29) is 21.2 Å². The second-order valence-electron chi connectivity index (χ2n) is 2.18. The Morgan fingerprint density at radius 1 is 0.786 bits per heavy atom. The van der Waals surface area contributed by atoms with Gasteiger partial charge >= 0.3 is 0 Å². The zero-order valence-corrected chi connectivity index (χ0v) is 9.47. The molecule has 0 saturated carbocycles. The molecule has 0 aliphatic heterocycles. The van der Waals surface area contributed by atoms with E-state index in [0.717, 1.165) is 12.5 Å². The molecule has 0 bridgehead atoms. The van der Waals surface area contributed by atoms with Crippen molar-refractivity contribution < 1.29 is 26.2 Å². The Morgan fingerprint density at radius 3 is 0.857 bits per heavy atom. The van der Waals surface area contributed by atoms with Gasteiger partial charge in [0.25, 0.3) is 0 Å². The Kier molecular flexibility index (Phi) is 15.5. The molecule has 92 valence electrons. The van der Waals surface area contributed by atoms with Crippen molar-refractivity contribution in [1.29, 1.82) is 0 Å². The summed E-state index contributed by atoms with van der Waals surface area (Å²) in [6, 6.07) is 0. The predicted molar refractivity (Wildman–Crippen MR) is 52.8 cm³/mol. The molecule has 0 radical (unpaired) electrons. The molecule has 0 fully saturated rings. The van der Waals surface area contributed by atoms with E-state index in [4.69, 9.17) is 11.5 Å². The molecule has 0 spiro atoms. The van der Waals surface area contributed by atoms with Gasteiger partial charge in [-0.15, -0.1) is 0 Å². The van der Waals surface area contributed by atoms with Crippen molar-refractivity contribution in [3.8, 4) is 0 Å². The van der Waals surface area contributed by atoms with E-state index in [9.17, 15) is 16.8 Å². The standard InChI is InChI=1S/2C2H7NO2S.2FH/c2*1-6(4,5)2-3;;/h2*2-3H2,1H3;2*1H. The van der Waals surface area contributed by atoms with Gasteiger partial charge in [-0.1, -0.05) is 0 Å². The normalized spacial score (nSPS) is 10.0. The Balaban J connectivity index is -0.0000000625. The van der Waals surface area contributed by atoms with Crippen molar-refractivity contribution in [2.24, 2.45) is 11.5 Å². The predicted octanol–water partition coefficient (Wildman–Crippen LogP) is -1.80. The number of nitrogens with two attached hydrogens (primary N) is 2. The maximum atomic E-state index is 9.88. The van der Waals surface area contributed by atoms with E-state index >= 15 is 0 Å². The molecule has 0 amide bonds.